The summed E-state index contributed by atoms with van der Waals surface area (Å²) >= 11 is -3.36. The molecule has 0 bridgehead atoms. The van der Waals surface area contributed by atoms with Crippen LogP contribution in [0, 0.1) is 0 Å². The average molecular weight is 140 g/mol. The Morgan fingerprint density at radius 3 is 2.00 bits per heavy atom. The van der Waals surface area contributed by atoms with Crippen LogP contribution in [0.4, 0.5) is 0 Å². The van der Waals surface area contributed by atoms with Crippen LogP contribution in [0.15, 0.2) is 0 Å². The van der Waals surface area contributed by atoms with E-state index >= 15 is 0 Å². The minimum absolute atomic E-state index is 3.36. The number of rotatable bonds is 0. The van der Waals surface area contributed by atoms with E-state index in [0.29, 0.717) is 0 Å². The minimum atomic E-state index is -3.36. The van der Waals surface area contributed by atoms with E-state index in [9.17, 15) is 0 Å². The van der Waals surface area contributed by atoms with Gasteiger partial charge in [-0.15, -0.1) is 0 Å². The molecule has 4 heteroatoms. The van der Waals surface area contributed by atoms with E-state index in [1.54, 1.807) is 0 Å². The Bertz CT molecular complexity index is 29.0. The van der Waals surface area contributed by atoms with E-state index in [2.05, 4.69) is 10.0 Å². The number of hydrogen-bond donors (Lipinski definition) is 0. The number of halogens is 1. The fourth-order valence-electron chi connectivity index (χ4n) is 0. The zero-order chi connectivity index (χ0) is 3.58. The molecule has 0 N–H and O–H groups in total. The summed E-state index contributed by atoms with van der Waals surface area (Å²) in [6.07, 6.45) is 0. The third-order valence-corrected chi connectivity index (χ3v) is 0. The van der Waals surface area contributed by atoms with Crippen LogP contribution in [0.25, 0.3) is 0 Å². The van der Waals surface area contributed by atoms with E-state index in [-0.39, 0.29) is 0 Å². The standard InChI is InChI=1S/ClGeO2/c1-2(3)4/q-1. The zero-order valence-electron chi connectivity index (χ0n) is 1.69. The first-order valence-corrected chi connectivity index (χ1v) is 5.07. The first-order chi connectivity index (χ1) is 1.73. The van der Waals surface area contributed by atoms with Crippen LogP contribution in [0.1, 0.15) is 0 Å². The molecule has 0 aliphatic carbocycles. The second-order valence-corrected chi connectivity index (χ2v) is 2.84. The Labute approximate surface area is 32.2 Å². The van der Waals surface area contributed by atoms with Gasteiger partial charge in [0.25, 0.3) is 0 Å². The van der Waals surface area contributed by atoms with Gasteiger partial charge in [-0.2, -0.15) is 0 Å². The van der Waals surface area contributed by atoms with Gasteiger partial charge in [-0.05, 0) is 0 Å². The normalized spacial score (nSPS) is 6.25. The third-order valence-electron chi connectivity index (χ3n) is 0. The van der Waals surface area contributed by atoms with Gasteiger partial charge in [0.2, 0.25) is 0 Å². The van der Waals surface area contributed by atoms with Crippen molar-refractivity contribution in [3.8, 4) is 0 Å². The molecule has 0 aromatic heterocycles. The van der Waals surface area contributed by atoms with E-state index in [1.807, 2.05) is 0 Å². The van der Waals surface area contributed by atoms with Crippen LogP contribution in [0.2, 0.25) is 0 Å². The third kappa shape index (κ3) is 26.7. The van der Waals surface area contributed by atoms with Gasteiger partial charge in [-0.3, -0.25) is 0 Å². The molecule has 0 saturated carbocycles. The summed E-state index contributed by atoms with van der Waals surface area (Å²) < 4.78 is 17.8. The van der Waals surface area contributed by atoms with Crippen molar-refractivity contribution in [2.45, 2.75) is 0 Å². The molecule has 0 heterocycles. The molecule has 0 amide bonds. The molecule has 2 nitrogen and oxygen atoms in total. The van der Waals surface area contributed by atoms with Crippen molar-refractivity contribution in [1.82, 2.24) is 0 Å². The molecule has 0 aromatic rings. The summed E-state index contributed by atoms with van der Waals surface area (Å²) in [6, 6.07) is 0. The predicted octanol–water partition coefficient (Wildman–Crippen LogP) is -0.999. The van der Waals surface area contributed by atoms with Gasteiger partial charge < -0.3 is 0 Å². The summed E-state index contributed by atoms with van der Waals surface area (Å²) in [5.41, 5.74) is 0. The summed E-state index contributed by atoms with van der Waals surface area (Å²) in [7, 11) is 4.33. The Hall–Kier alpha value is 0.433. The fraction of sp³-hybridized carbons (Fsp3) is 0. The Balaban J connectivity index is 2.80. The van der Waals surface area contributed by atoms with Crippen molar-refractivity contribution in [1.29, 1.82) is 0 Å². The summed E-state index contributed by atoms with van der Waals surface area (Å²) in [6.45, 7) is 0. The first kappa shape index (κ1) is 4.43. The summed E-state index contributed by atoms with van der Waals surface area (Å²) in [4.78, 5) is 0. The van der Waals surface area contributed by atoms with Crippen molar-refractivity contribution < 1.29 is 7.91 Å². The van der Waals surface area contributed by atoms with Gasteiger partial charge >= 0.3 is 31.6 Å². The SMILES string of the molecule is [O]=[Ge]([O-])[Cl]. The van der Waals surface area contributed by atoms with Crippen LogP contribution in [-0.4, -0.2) is 13.7 Å². The van der Waals surface area contributed by atoms with Crippen LogP contribution in [-0.2, 0) is 3.78 Å². The van der Waals surface area contributed by atoms with Crippen molar-refractivity contribution >= 4 is 23.7 Å². The Morgan fingerprint density at radius 1 is 2.00 bits per heavy atom. The van der Waals surface area contributed by atoms with Crippen LogP contribution in [0.5, 0.6) is 0 Å². The van der Waals surface area contributed by atoms with Crippen LogP contribution < -0.4 is 4.13 Å². The number of hydrogen-bond acceptors (Lipinski definition) is 2. The topological polar surface area (TPSA) is 40.1 Å². The monoisotopic (exact) mass is 141 g/mol. The van der Waals surface area contributed by atoms with E-state index in [4.69, 9.17) is 7.91 Å². The van der Waals surface area contributed by atoms with E-state index in [0.717, 1.165) is 0 Å². The summed E-state index contributed by atoms with van der Waals surface area (Å²) in [5, 5.41) is 0. The molecule has 0 aliphatic heterocycles. The van der Waals surface area contributed by atoms with E-state index in [1.165, 1.54) is 0 Å². The van der Waals surface area contributed by atoms with Crippen LogP contribution >= 0.6 is 10.0 Å². The maximum absolute atomic E-state index is 8.90. The van der Waals surface area contributed by atoms with Gasteiger partial charge in [0.1, 0.15) is 0 Å². The van der Waals surface area contributed by atoms with Gasteiger partial charge in [-0.1, -0.05) is 0 Å². The Morgan fingerprint density at radius 2 is 2.00 bits per heavy atom. The van der Waals surface area contributed by atoms with Crippen molar-refractivity contribution in [2.75, 3.05) is 0 Å². The van der Waals surface area contributed by atoms with Crippen molar-refractivity contribution in [3.05, 3.63) is 0 Å². The van der Waals surface area contributed by atoms with Gasteiger partial charge in [0.05, 0.1) is 0 Å². The molecule has 0 spiro atoms. The van der Waals surface area contributed by atoms with E-state index < -0.39 is 13.7 Å². The first-order valence-electron chi connectivity index (χ1n) is 0.597. The molecular weight excluding hydrogens is 140 g/mol. The Kier molecular flexibility index (Phi) is 1.91. The molecule has 0 fully saturated rings. The second-order valence-electron chi connectivity index (χ2n) is 0.238. The molecule has 0 saturated heterocycles. The maximum atomic E-state index is 8.90. The zero-order valence-corrected chi connectivity index (χ0v) is 4.55. The van der Waals surface area contributed by atoms with Crippen LogP contribution in [0.3, 0.4) is 0 Å². The molecule has 0 radical (unpaired) electrons. The van der Waals surface area contributed by atoms with Gasteiger partial charge in [-0.25, -0.2) is 0 Å². The van der Waals surface area contributed by atoms with Gasteiger partial charge in [0.15, 0.2) is 0 Å². The quantitative estimate of drug-likeness (QED) is 0.405. The fourth-order valence-corrected chi connectivity index (χ4v) is 0. The molecule has 0 aliphatic rings. The predicted molar refractivity (Wildman–Crippen MR) is 12.3 cm³/mol. The molecule has 0 rings (SSSR count). The van der Waals surface area contributed by atoms with Crippen molar-refractivity contribution in [2.24, 2.45) is 0 Å². The molecule has 24 valence electrons. The molecule has 4 heavy (non-hydrogen) atoms. The molecule has 0 atom stereocenters. The molecular formula is ClGeO2-. The second kappa shape index (κ2) is 1.72. The average Bonchev–Trinajstić information content (AvgIpc) is 0.811. The molecule has 0 aromatic carbocycles. The van der Waals surface area contributed by atoms with Gasteiger partial charge in [0, 0.05) is 0 Å². The van der Waals surface area contributed by atoms with Crippen molar-refractivity contribution in [3.63, 3.8) is 0 Å². The molecule has 0 unspecified atom stereocenters. The summed E-state index contributed by atoms with van der Waals surface area (Å²) in [5.74, 6) is 0.